The Bertz CT molecular complexity index is 783. The van der Waals surface area contributed by atoms with Gasteiger partial charge >= 0.3 is 0 Å². The van der Waals surface area contributed by atoms with Crippen LogP contribution < -0.4 is 5.32 Å². The third kappa shape index (κ3) is 8.78. The number of nitrogens with zero attached hydrogens (tertiary/aromatic N) is 1. The van der Waals surface area contributed by atoms with E-state index in [0.717, 1.165) is 24.3 Å². The smallest absolute Gasteiger partial charge is 0.243 e. The lowest BCUT2D eigenvalue weighted by molar-refractivity contribution is -0.140. The molecule has 0 aliphatic carbocycles. The lowest BCUT2D eigenvalue weighted by Gasteiger charge is -2.31. The average molecular weight is 441 g/mol. The molecule has 2 rings (SSSR count). The van der Waals surface area contributed by atoms with E-state index < -0.39 is 6.04 Å². The summed E-state index contributed by atoms with van der Waals surface area (Å²) in [6.07, 6.45) is 2.67. The molecular weight excluding hydrogens is 404 g/mol. The molecule has 0 fully saturated rings. The summed E-state index contributed by atoms with van der Waals surface area (Å²) >= 11 is 1.76. The highest BCUT2D eigenvalue weighted by molar-refractivity contribution is 7.98. The molecule has 2 amide bonds. The number of hydrogen-bond acceptors (Lipinski definition) is 3. The molecule has 2 atom stereocenters. The minimum atomic E-state index is -0.427. The van der Waals surface area contributed by atoms with Crippen LogP contribution in [0, 0.1) is 0 Å². The molecule has 0 radical (unpaired) electrons. The molecule has 2 aromatic carbocycles. The summed E-state index contributed by atoms with van der Waals surface area (Å²) in [5.74, 6) is 1.65. The number of benzene rings is 2. The second kappa shape index (κ2) is 13.9. The van der Waals surface area contributed by atoms with Gasteiger partial charge in [-0.15, -0.1) is 0 Å². The lowest BCUT2D eigenvalue weighted by atomic mass is 10.1. The van der Waals surface area contributed by atoms with Crippen molar-refractivity contribution in [3.05, 3.63) is 71.8 Å². The topological polar surface area (TPSA) is 49.4 Å². The SMILES string of the molecule is CC[C@@H](C)NC(=O)[C@H](CC)N(CCc1ccccc1)C(=O)CCSCc1ccccc1. The van der Waals surface area contributed by atoms with Crippen molar-refractivity contribution < 1.29 is 9.59 Å². The van der Waals surface area contributed by atoms with Gasteiger partial charge in [-0.05, 0) is 37.3 Å². The molecule has 2 aromatic rings. The monoisotopic (exact) mass is 440 g/mol. The van der Waals surface area contributed by atoms with Crippen LogP contribution >= 0.6 is 11.8 Å². The van der Waals surface area contributed by atoms with E-state index in [1.54, 1.807) is 16.7 Å². The van der Waals surface area contributed by atoms with Crippen LogP contribution in [0.1, 0.15) is 51.2 Å². The quantitative estimate of drug-likeness (QED) is 0.442. The second-order valence-corrected chi connectivity index (χ2v) is 8.96. The first-order valence-electron chi connectivity index (χ1n) is 11.3. The Balaban J connectivity index is 2.00. The summed E-state index contributed by atoms with van der Waals surface area (Å²) in [5, 5.41) is 3.06. The van der Waals surface area contributed by atoms with Crippen LogP contribution in [0.5, 0.6) is 0 Å². The Morgan fingerprint density at radius 1 is 0.935 bits per heavy atom. The molecule has 0 aliphatic rings. The highest BCUT2D eigenvalue weighted by Crippen LogP contribution is 2.16. The van der Waals surface area contributed by atoms with Crippen molar-refractivity contribution >= 4 is 23.6 Å². The molecule has 0 aromatic heterocycles. The van der Waals surface area contributed by atoms with Gasteiger partial charge in [-0.2, -0.15) is 11.8 Å². The zero-order valence-electron chi connectivity index (χ0n) is 19.0. The van der Waals surface area contributed by atoms with Gasteiger partial charge in [0, 0.05) is 30.5 Å². The zero-order chi connectivity index (χ0) is 22.5. The largest absolute Gasteiger partial charge is 0.352 e. The summed E-state index contributed by atoms with van der Waals surface area (Å²) in [6.45, 7) is 6.58. The van der Waals surface area contributed by atoms with Crippen molar-refractivity contribution in [3.63, 3.8) is 0 Å². The summed E-state index contributed by atoms with van der Waals surface area (Å²) in [4.78, 5) is 27.9. The fraction of sp³-hybridized carbons (Fsp3) is 0.462. The molecule has 168 valence electrons. The van der Waals surface area contributed by atoms with E-state index in [4.69, 9.17) is 0 Å². The molecule has 0 aliphatic heterocycles. The minimum Gasteiger partial charge on any atom is -0.352 e. The molecule has 0 saturated heterocycles. The third-order valence-electron chi connectivity index (χ3n) is 5.44. The third-order valence-corrected chi connectivity index (χ3v) is 6.47. The molecule has 0 spiro atoms. The first-order chi connectivity index (χ1) is 15.0. The van der Waals surface area contributed by atoms with Gasteiger partial charge in [0.1, 0.15) is 6.04 Å². The van der Waals surface area contributed by atoms with E-state index in [0.29, 0.717) is 19.4 Å². The molecule has 4 nitrogen and oxygen atoms in total. The van der Waals surface area contributed by atoms with Crippen LogP contribution in [0.15, 0.2) is 60.7 Å². The molecule has 0 bridgehead atoms. The Morgan fingerprint density at radius 2 is 1.55 bits per heavy atom. The number of rotatable bonds is 13. The van der Waals surface area contributed by atoms with Crippen molar-refractivity contribution in [3.8, 4) is 0 Å². The molecule has 0 unspecified atom stereocenters. The molecule has 0 heterocycles. The summed E-state index contributed by atoms with van der Waals surface area (Å²) in [7, 11) is 0. The van der Waals surface area contributed by atoms with E-state index in [1.165, 1.54) is 11.1 Å². The summed E-state index contributed by atoms with van der Waals surface area (Å²) < 4.78 is 0. The Labute approximate surface area is 191 Å². The average Bonchev–Trinajstić information content (AvgIpc) is 2.80. The maximum absolute atomic E-state index is 13.2. The van der Waals surface area contributed by atoms with E-state index in [1.807, 2.05) is 57.2 Å². The van der Waals surface area contributed by atoms with Gasteiger partial charge < -0.3 is 10.2 Å². The maximum atomic E-state index is 13.2. The van der Waals surface area contributed by atoms with Gasteiger partial charge in [0.15, 0.2) is 0 Å². The first kappa shape index (κ1) is 25.0. The highest BCUT2D eigenvalue weighted by Gasteiger charge is 2.28. The number of amides is 2. The van der Waals surface area contributed by atoms with Crippen LogP contribution in [0.25, 0.3) is 0 Å². The van der Waals surface area contributed by atoms with Crippen LogP contribution in [0.4, 0.5) is 0 Å². The minimum absolute atomic E-state index is 0.0461. The second-order valence-electron chi connectivity index (χ2n) is 7.85. The van der Waals surface area contributed by atoms with E-state index in [-0.39, 0.29) is 17.9 Å². The van der Waals surface area contributed by atoms with Gasteiger partial charge in [0.25, 0.3) is 0 Å². The molecule has 5 heteroatoms. The lowest BCUT2D eigenvalue weighted by Crippen LogP contribution is -2.51. The van der Waals surface area contributed by atoms with Crippen molar-refractivity contribution in [2.24, 2.45) is 0 Å². The van der Waals surface area contributed by atoms with Crippen LogP contribution in [0.3, 0.4) is 0 Å². The fourth-order valence-electron chi connectivity index (χ4n) is 3.40. The molecular formula is C26H36N2O2S. The van der Waals surface area contributed by atoms with Crippen molar-refractivity contribution in [2.45, 2.75) is 64.3 Å². The van der Waals surface area contributed by atoms with Gasteiger partial charge in [-0.3, -0.25) is 9.59 Å². The summed E-state index contributed by atoms with van der Waals surface area (Å²) in [6, 6.07) is 20.1. The standard InChI is InChI=1S/C26H36N2O2S/c1-4-21(3)27-26(30)24(5-2)28(18-16-22-12-8-6-9-13-22)25(29)17-19-31-20-23-14-10-7-11-15-23/h6-15,21,24H,4-5,16-20H2,1-3H3,(H,27,30)/t21-,24+/m1/s1. The molecule has 1 N–H and O–H groups in total. The van der Waals surface area contributed by atoms with Crippen LogP contribution in [0.2, 0.25) is 0 Å². The van der Waals surface area contributed by atoms with E-state index in [9.17, 15) is 9.59 Å². The fourth-order valence-corrected chi connectivity index (χ4v) is 4.30. The van der Waals surface area contributed by atoms with Crippen LogP contribution in [-0.4, -0.2) is 41.1 Å². The number of thioether (sulfide) groups is 1. The Kier molecular flexibility index (Phi) is 11.2. The Hall–Kier alpha value is -2.27. The summed E-state index contributed by atoms with van der Waals surface area (Å²) in [5.41, 5.74) is 2.44. The normalized spacial score (nSPS) is 12.7. The number of hydrogen-bond donors (Lipinski definition) is 1. The number of carbonyl (C=O) groups excluding carboxylic acids is 2. The first-order valence-corrected chi connectivity index (χ1v) is 12.5. The zero-order valence-corrected chi connectivity index (χ0v) is 19.9. The van der Waals surface area contributed by atoms with E-state index >= 15 is 0 Å². The van der Waals surface area contributed by atoms with Crippen molar-refractivity contribution in [1.29, 1.82) is 0 Å². The number of carbonyl (C=O) groups is 2. The van der Waals surface area contributed by atoms with E-state index in [2.05, 4.69) is 29.6 Å². The van der Waals surface area contributed by atoms with Crippen molar-refractivity contribution in [2.75, 3.05) is 12.3 Å². The van der Waals surface area contributed by atoms with Crippen molar-refractivity contribution in [1.82, 2.24) is 10.2 Å². The van der Waals surface area contributed by atoms with Gasteiger partial charge in [0.2, 0.25) is 11.8 Å². The molecule has 31 heavy (non-hydrogen) atoms. The van der Waals surface area contributed by atoms with Gasteiger partial charge in [-0.25, -0.2) is 0 Å². The van der Waals surface area contributed by atoms with Gasteiger partial charge in [-0.1, -0.05) is 74.5 Å². The maximum Gasteiger partial charge on any atom is 0.243 e. The van der Waals surface area contributed by atoms with Crippen LogP contribution in [-0.2, 0) is 21.8 Å². The highest BCUT2D eigenvalue weighted by atomic mass is 32.2. The molecule has 0 saturated carbocycles. The van der Waals surface area contributed by atoms with Gasteiger partial charge in [0.05, 0.1) is 0 Å². The predicted octanol–water partition coefficient (Wildman–Crippen LogP) is 5.07. The number of nitrogens with one attached hydrogen (secondary N) is 1. The predicted molar refractivity (Wildman–Crippen MR) is 131 cm³/mol. The Morgan fingerprint density at radius 3 is 2.13 bits per heavy atom.